The Kier molecular flexibility index (Phi) is 2.90. The van der Waals surface area contributed by atoms with Crippen molar-refractivity contribution in [2.24, 2.45) is 28.6 Å². The van der Waals surface area contributed by atoms with Gasteiger partial charge in [-0.25, -0.2) is 0 Å². The summed E-state index contributed by atoms with van der Waals surface area (Å²) in [6.07, 6.45) is 6.43. The average molecular weight is 300 g/mol. The van der Waals surface area contributed by atoms with E-state index in [2.05, 4.69) is 27.4 Å². The number of aliphatic hydroxyl groups excluding tert-OH is 1. The number of rotatable bonds is 0. The predicted molar refractivity (Wildman–Crippen MR) is 87.2 cm³/mol. The zero-order valence-electron chi connectivity index (χ0n) is 14.1. The second-order valence-electron chi connectivity index (χ2n) is 9.04. The summed E-state index contributed by atoms with van der Waals surface area (Å²) in [6, 6.07) is 0. The normalized spacial score (nSPS) is 46.5. The highest BCUT2D eigenvalue weighted by atomic mass is 16.3. The van der Waals surface area contributed by atoms with E-state index in [1.54, 1.807) is 0 Å². The molecule has 1 N–H and O–H groups in total. The molecule has 0 aliphatic heterocycles. The first-order valence-corrected chi connectivity index (χ1v) is 8.91. The molecule has 2 nitrogen and oxygen atoms in total. The number of ketones is 1. The van der Waals surface area contributed by atoms with Crippen molar-refractivity contribution in [2.75, 3.05) is 0 Å². The van der Waals surface area contributed by atoms with Crippen LogP contribution in [-0.4, -0.2) is 17.0 Å². The number of fused-ring (bicyclic) bond motifs is 5. The molecule has 0 aromatic carbocycles. The molecule has 0 heterocycles. The maximum absolute atomic E-state index is 12.7. The molecular formula is C20H28O2. The Labute approximate surface area is 133 Å². The highest BCUT2D eigenvalue weighted by Crippen LogP contribution is 2.64. The van der Waals surface area contributed by atoms with Gasteiger partial charge in [0.15, 0.2) is 5.78 Å². The van der Waals surface area contributed by atoms with Crippen molar-refractivity contribution in [3.8, 4) is 0 Å². The maximum atomic E-state index is 12.7. The fourth-order valence-corrected chi connectivity index (χ4v) is 6.59. The van der Waals surface area contributed by atoms with Crippen molar-refractivity contribution in [1.29, 1.82) is 0 Å². The Morgan fingerprint density at radius 3 is 2.68 bits per heavy atom. The summed E-state index contributed by atoms with van der Waals surface area (Å²) in [4.78, 5) is 12.7. The summed E-state index contributed by atoms with van der Waals surface area (Å²) < 4.78 is 0. The van der Waals surface area contributed by atoms with Gasteiger partial charge in [-0.3, -0.25) is 4.79 Å². The number of Topliss-reactive ketones (excluding diaryl/α,β-unsaturated/α-hetero) is 1. The zero-order chi connectivity index (χ0) is 15.9. The molecule has 5 atom stereocenters. The van der Waals surface area contributed by atoms with Gasteiger partial charge in [-0.1, -0.05) is 44.9 Å². The average Bonchev–Trinajstić information content (AvgIpc) is 2.57. The van der Waals surface area contributed by atoms with Crippen LogP contribution in [0, 0.1) is 28.6 Å². The third-order valence-corrected chi connectivity index (χ3v) is 7.54. The number of allylic oxidation sites excluding steroid dienone is 1. The lowest BCUT2D eigenvalue weighted by atomic mass is 9.47. The van der Waals surface area contributed by atoms with Crippen molar-refractivity contribution in [3.63, 3.8) is 0 Å². The first kappa shape index (κ1) is 14.7. The maximum Gasteiger partial charge on any atom is 0.168 e. The second kappa shape index (κ2) is 4.35. The molecule has 22 heavy (non-hydrogen) atoms. The van der Waals surface area contributed by atoms with E-state index in [0.29, 0.717) is 16.9 Å². The van der Waals surface area contributed by atoms with Gasteiger partial charge in [0.05, 0.1) is 12.0 Å². The Morgan fingerprint density at radius 1 is 1.23 bits per heavy atom. The van der Waals surface area contributed by atoms with Crippen LogP contribution in [-0.2, 0) is 4.79 Å². The molecule has 0 amide bonds. The van der Waals surface area contributed by atoms with Crippen LogP contribution in [0.5, 0.6) is 0 Å². The summed E-state index contributed by atoms with van der Waals surface area (Å²) in [5.74, 6) is 0.488. The summed E-state index contributed by atoms with van der Waals surface area (Å²) in [5.41, 5.74) is 3.95. The molecule has 4 aliphatic carbocycles. The van der Waals surface area contributed by atoms with Crippen LogP contribution in [0.15, 0.2) is 23.3 Å². The van der Waals surface area contributed by atoms with Crippen LogP contribution in [0.4, 0.5) is 0 Å². The van der Waals surface area contributed by atoms with Gasteiger partial charge in [-0.15, -0.1) is 0 Å². The topological polar surface area (TPSA) is 37.3 Å². The molecule has 0 spiro atoms. The molecule has 2 heteroatoms. The number of hydrogen-bond donors (Lipinski definition) is 1. The minimum atomic E-state index is -0.514. The van der Waals surface area contributed by atoms with E-state index in [4.69, 9.17) is 0 Å². The van der Waals surface area contributed by atoms with Gasteiger partial charge in [0.1, 0.15) is 0 Å². The van der Waals surface area contributed by atoms with Crippen molar-refractivity contribution in [1.82, 2.24) is 0 Å². The minimum Gasteiger partial charge on any atom is -0.391 e. The van der Waals surface area contributed by atoms with Crippen molar-refractivity contribution in [2.45, 2.75) is 65.4 Å². The van der Waals surface area contributed by atoms with Gasteiger partial charge in [0.25, 0.3) is 0 Å². The van der Waals surface area contributed by atoms with Crippen LogP contribution >= 0.6 is 0 Å². The Morgan fingerprint density at radius 2 is 1.95 bits per heavy atom. The molecular weight excluding hydrogens is 272 g/mol. The number of carbonyl (C=O) groups excluding carboxylic acids is 1. The van der Waals surface area contributed by atoms with Gasteiger partial charge in [0.2, 0.25) is 0 Å². The molecule has 120 valence electrons. The Bertz CT molecular complexity index is 597. The number of aliphatic hydroxyl groups is 1. The lowest BCUT2D eigenvalue weighted by Gasteiger charge is -2.57. The van der Waals surface area contributed by atoms with Gasteiger partial charge >= 0.3 is 0 Å². The largest absolute Gasteiger partial charge is 0.391 e. The van der Waals surface area contributed by atoms with Gasteiger partial charge in [-0.05, 0) is 54.4 Å². The molecule has 0 radical (unpaired) electrons. The van der Waals surface area contributed by atoms with Gasteiger partial charge < -0.3 is 5.11 Å². The number of hydrogen-bond acceptors (Lipinski definition) is 2. The summed E-state index contributed by atoms with van der Waals surface area (Å²) in [7, 11) is 0. The molecule has 4 rings (SSSR count). The fourth-order valence-electron chi connectivity index (χ4n) is 6.59. The summed E-state index contributed by atoms with van der Waals surface area (Å²) >= 11 is 0. The number of carbonyl (C=O) groups is 1. The third kappa shape index (κ3) is 1.62. The quantitative estimate of drug-likeness (QED) is 0.541. The Hall–Kier alpha value is -0.890. The molecule has 2 fully saturated rings. The summed E-state index contributed by atoms with van der Waals surface area (Å²) in [5, 5.41) is 10.7. The SMILES string of the molecule is C=C1C(=O)C2C3=C(CCC4C(C)(C)CCCC34C)CC1C2O. The van der Waals surface area contributed by atoms with E-state index in [0.717, 1.165) is 12.8 Å². The highest BCUT2D eigenvalue weighted by Gasteiger charge is 2.59. The molecule has 0 saturated heterocycles. The van der Waals surface area contributed by atoms with Gasteiger partial charge in [0, 0.05) is 5.92 Å². The molecule has 2 bridgehead atoms. The Balaban J connectivity index is 1.86. The van der Waals surface area contributed by atoms with Crippen LogP contribution in [0.1, 0.15) is 59.3 Å². The lowest BCUT2D eigenvalue weighted by molar-refractivity contribution is -0.119. The van der Waals surface area contributed by atoms with Crippen LogP contribution in [0.25, 0.3) is 0 Å². The van der Waals surface area contributed by atoms with Crippen molar-refractivity contribution < 1.29 is 9.90 Å². The van der Waals surface area contributed by atoms with Crippen molar-refractivity contribution in [3.05, 3.63) is 23.3 Å². The van der Waals surface area contributed by atoms with E-state index in [1.807, 2.05) is 0 Å². The van der Waals surface area contributed by atoms with E-state index in [1.165, 1.54) is 36.8 Å². The molecule has 0 aromatic heterocycles. The summed E-state index contributed by atoms with van der Waals surface area (Å²) in [6.45, 7) is 11.2. The van der Waals surface area contributed by atoms with Crippen LogP contribution < -0.4 is 0 Å². The van der Waals surface area contributed by atoms with Gasteiger partial charge in [-0.2, -0.15) is 0 Å². The fraction of sp³-hybridized carbons (Fsp3) is 0.750. The monoisotopic (exact) mass is 300 g/mol. The standard InChI is InChI=1S/C20H28O2/c1-11-13-10-12-6-7-14-19(2,3)8-5-9-20(14,4)16(12)15(17(11)21)18(13)22/h13-15,18,22H,1,5-10H2,2-4H3. The lowest BCUT2D eigenvalue weighted by Crippen LogP contribution is -2.50. The predicted octanol–water partition coefficient (Wildman–Crippen LogP) is 4.05. The van der Waals surface area contributed by atoms with E-state index >= 15 is 0 Å². The van der Waals surface area contributed by atoms with Crippen LogP contribution in [0.2, 0.25) is 0 Å². The van der Waals surface area contributed by atoms with E-state index in [9.17, 15) is 9.90 Å². The smallest absolute Gasteiger partial charge is 0.168 e. The molecule has 4 aliphatic rings. The second-order valence-corrected chi connectivity index (χ2v) is 9.04. The molecule has 2 saturated carbocycles. The van der Waals surface area contributed by atoms with E-state index in [-0.39, 0.29) is 23.0 Å². The first-order chi connectivity index (χ1) is 10.3. The van der Waals surface area contributed by atoms with Crippen LogP contribution in [0.3, 0.4) is 0 Å². The highest BCUT2D eigenvalue weighted by molar-refractivity contribution is 6.03. The molecule has 0 aromatic rings. The van der Waals surface area contributed by atoms with E-state index < -0.39 is 6.10 Å². The first-order valence-electron chi connectivity index (χ1n) is 8.91. The third-order valence-electron chi connectivity index (χ3n) is 7.54. The zero-order valence-corrected chi connectivity index (χ0v) is 14.1. The minimum absolute atomic E-state index is 0.00648. The molecule has 5 unspecified atom stereocenters. The van der Waals surface area contributed by atoms with Crippen molar-refractivity contribution >= 4 is 5.78 Å².